The van der Waals surface area contributed by atoms with Gasteiger partial charge < -0.3 is 5.32 Å². The Bertz CT molecular complexity index is 406. The van der Waals surface area contributed by atoms with E-state index in [0.29, 0.717) is 22.2 Å². The average molecular weight is 258 g/mol. The Morgan fingerprint density at radius 2 is 2.12 bits per heavy atom. The van der Waals surface area contributed by atoms with Gasteiger partial charge in [0.15, 0.2) is 0 Å². The second kappa shape index (κ2) is 5.17. The molecule has 0 saturated carbocycles. The van der Waals surface area contributed by atoms with E-state index >= 15 is 0 Å². The van der Waals surface area contributed by atoms with Crippen molar-refractivity contribution in [1.82, 2.24) is 5.32 Å². The number of Topliss-reactive ketones (excluding diaryl/α,β-unsaturated/α-hetero) is 1. The third kappa shape index (κ3) is 2.76. The number of rotatable bonds is 2. The van der Waals surface area contributed by atoms with E-state index in [1.54, 1.807) is 6.07 Å². The van der Waals surface area contributed by atoms with Gasteiger partial charge in [0.1, 0.15) is 5.78 Å². The number of hydrogen-bond donors (Lipinski definition) is 1. The van der Waals surface area contributed by atoms with E-state index in [9.17, 15) is 4.79 Å². The summed E-state index contributed by atoms with van der Waals surface area (Å²) in [7, 11) is 0. The standard InChI is InChI=1S/C12H13Cl2NO/c13-10-2-1-8(6-11(10)14)5-9-7-15-4-3-12(9)16/h1-2,6,9,15H,3-5,7H2. The zero-order valence-corrected chi connectivity index (χ0v) is 10.3. The van der Waals surface area contributed by atoms with Crippen molar-refractivity contribution < 1.29 is 4.79 Å². The third-order valence-corrected chi connectivity index (χ3v) is 3.60. The van der Waals surface area contributed by atoms with E-state index in [0.717, 1.165) is 25.1 Å². The summed E-state index contributed by atoms with van der Waals surface area (Å²) in [6, 6.07) is 5.54. The van der Waals surface area contributed by atoms with Crippen LogP contribution in [0.5, 0.6) is 0 Å². The molecule has 0 spiro atoms. The predicted molar refractivity (Wildman–Crippen MR) is 66.1 cm³/mol. The zero-order valence-electron chi connectivity index (χ0n) is 8.80. The zero-order chi connectivity index (χ0) is 11.5. The molecule has 1 aromatic carbocycles. The average Bonchev–Trinajstić information content (AvgIpc) is 2.27. The third-order valence-electron chi connectivity index (χ3n) is 2.86. The second-order valence-corrected chi connectivity index (χ2v) is 4.88. The molecule has 0 aliphatic carbocycles. The Labute approximate surface area is 105 Å². The van der Waals surface area contributed by atoms with Crippen molar-refractivity contribution in [2.45, 2.75) is 12.8 Å². The summed E-state index contributed by atoms with van der Waals surface area (Å²) < 4.78 is 0. The van der Waals surface area contributed by atoms with Crippen LogP contribution in [0, 0.1) is 5.92 Å². The summed E-state index contributed by atoms with van der Waals surface area (Å²) in [5.74, 6) is 0.413. The topological polar surface area (TPSA) is 29.1 Å². The molecule has 1 aromatic rings. The van der Waals surface area contributed by atoms with E-state index < -0.39 is 0 Å². The molecule has 16 heavy (non-hydrogen) atoms. The molecule has 0 bridgehead atoms. The van der Waals surface area contributed by atoms with Gasteiger partial charge in [0.25, 0.3) is 0 Å². The fraction of sp³-hybridized carbons (Fsp3) is 0.417. The van der Waals surface area contributed by atoms with Crippen molar-refractivity contribution in [3.05, 3.63) is 33.8 Å². The highest BCUT2D eigenvalue weighted by Gasteiger charge is 2.22. The lowest BCUT2D eigenvalue weighted by atomic mass is 9.91. The number of ketones is 1. The Morgan fingerprint density at radius 3 is 2.81 bits per heavy atom. The molecule has 0 radical (unpaired) electrons. The number of carbonyl (C=O) groups is 1. The van der Waals surface area contributed by atoms with Crippen molar-refractivity contribution in [3.63, 3.8) is 0 Å². The molecule has 1 fully saturated rings. The highest BCUT2D eigenvalue weighted by molar-refractivity contribution is 6.42. The fourth-order valence-corrected chi connectivity index (χ4v) is 2.26. The molecule has 1 atom stereocenters. The Hall–Kier alpha value is -0.570. The maximum absolute atomic E-state index is 11.7. The number of hydrogen-bond acceptors (Lipinski definition) is 2. The van der Waals surface area contributed by atoms with Crippen molar-refractivity contribution in [2.75, 3.05) is 13.1 Å². The summed E-state index contributed by atoms with van der Waals surface area (Å²) in [4.78, 5) is 11.7. The SMILES string of the molecule is O=C1CCNCC1Cc1ccc(Cl)c(Cl)c1. The van der Waals surface area contributed by atoms with E-state index in [1.165, 1.54) is 0 Å². The van der Waals surface area contributed by atoms with Gasteiger partial charge in [0.2, 0.25) is 0 Å². The molecule has 4 heteroatoms. The molecule has 0 aromatic heterocycles. The summed E-state index contributed by atoms with van der Waals surface area (Å²) in [6.45, 7) is 1.57. The Morgan fingerprint density at radius 1 is 1.31 bits per heavy atom. The monoisotopic (exact) mass is 257 g/mol. The van der Waals surface area contributed by atoms with Crippen molar-refractivity contribution in [2.24, 2.45) is 5.92 Å². The van der Waals surface area contributed by atoms with E-state index in [1.807, 2.05) is 12.1 Å². The van der Waals surface area contributed by atoms with Crippen LogP contribution in [0.25, 0.3) is 0 Å². The predicted octanol–water partition coefficient (Wildman–Crippen LogP) is 2.71. The van der Waals surface area contributed by atoms with Crippen molar-refractivity contribution >= 4 is 29.0 Å². The fourth-order valence-electron chi connectivity index (χ4n) is 1.94. The maximum atomic E-state index is 11.7. The molecule has 1 unspecified atom stereocenters. The van der Waals surface area contributed by atoms with Gasteiger partial charge in [-0.2, -0.15) is 0 Å². The molecule has 1 N–H and O–H groups in total. The minimum atomic E-state index is 0.0750. The highest BCUT2D eigenvalue weighted by Crippen LogP contribution is 2.24. The first-order valence-electron chi connectivity index (χ1n) is 5.34. The summed E-state index contributed by atoms with van der Waals surface area (Å²) >= 11 is 11.8. The molecular weight excluding hydrogens is 245 g/mol. The minimum absolute atomic E-state index is 0.0750. The van der Waals surface area contributed by atoms with Crippen LogP contribution in [0.2, 0.25) is 10.0 Å². The first-order valence-corrected chi connectivity index (χ1v) is 6.10. The number of carbonyl (C=O) groups excluding carboxylic acids is 1. The lowest BCUT2D eigenvalue weighted by Crippen LogP contribution is -2.37. The van der Waals surface area contributed by atoms with E-state index in [4.69, 9.17) is 23.2 Å². The van der Waals surface area contributed by atoms with Gasteiger partial charge >= 0.3 is 0 Å². The van der Waals surface area contributed by atoms with Crippen molar-refractivity contribution in [1.29, 1.82) is 0 Å². The van der Waals surface area contributed by atoms with Gasteiger partial charge in [0.05, 0.1) is 10.0 Å². The molecule has 1 aliphatic rings. The normalized spacial score (nSPS) is 21.1. The van der Waals surface area contributed by atoms with Crippen LogP contribution >= 0.6 is 23.2 Å². The minimum Gasteiger partial charge on any atom is -0.316 e. The lowest BCUT2D eigenvalue weighted by Gasteiger charge is -2.21. The number of piperidine rings is 1. The van der Waals surface area contributed by atoms with Gasteiger partial charge in [-0.05, 0) is 24.1 Å². The van der Waals surface area contributed by atoms with Gasteiger partial charge in [0, 0.05) is 25.4 Å². The van der Waals surface area contributed by atoms with Gasteiger partial charge in [-0.25, -0.2) is 0 Å². The number of halogens is 2. The van der Waals surface area contributed by atoms with Crippen LogP contribution in [0.1, 0.15) is 12.0 Å². The first kappa shape index (κ1) is 11.9. The van der Waals surface area contributed by atoms with Gasteiger partial charge in [-0.3, -0.25) is 4.79 Å². The molecular formula is C12H13Cl2NO. The molecule has 2 rings (SSSR count). The molecule has 86 valence electrons. The second-order valence-electron chi connectivity index (χ2n) is 4.07. The molecule has 1 aliphatic heterocycles. The summed E-state index contributed by atoms with van der Waals surface area (Å²) in [5.41, 5.74) is 1.07. The Kier molecular flexibility index (Phi) is 3.85. The van der Waals surface area contributed by atoms with Crippen LogP contribution in [-0.2, 0) is 11.2 Å². The van der Waals surface area contributed by atoms with Crippen LogP contribution < -0.4 is 5.32 Å². The van der Waals surface area contributed by atoms with Gasteiger partial charge in [-0.1, -0.05) is 29.3 Å². The van der Waals surface area contributed by atoms with Crippen LogP contribution in [-0.4, -0.2) is 18.9 Å². The maximum Gasteiger partial charge on any atom is 0.138 e. The van der Waals surface area contributed by atoms with E-state index in [2.05, 4.69) is 5.32 Å². The number of nitrogens with one attached hydrogen (secondary N) is 1. The largest absolute Gasteiger partial charge is 0.316 e. The summed E-state index contributed by atoms with van der Waals surface area (Å²) in [5, 5.41) is 4.34. The van der Waals surface area contributed by atoms with Gasteiger partial charge in [-0.15, -0.1) is 0 Å². The smallest absolute Gasteiger partial charge is 0.138 e. The molecule has 1 heterocycles. The quantitative estimate of drug-likeness (QED) is 0.883. The van der Waals surface area contributed by atoms with Crippen molar-refractivity contribution in [3.8, 4) is 0 Å². The van der Waals surface area contributed by atoms with Crippen LogP contribution in [0.3, 0.4) is 0 Å². The first-order chi connectivity index (χ1) is 7.66. The molecule has 0 amide bonds. The van der Waals surface area contributed by atoms with Crippen LogP contribution in [0.15, 0.2) is 18.2 Å². The van der Waals surface area contributed by atoms with Crippen LogP contribution in [0.4, 0.5) is 0 Å². The highest BCUT2D eigenvalue weighted by atomic mass is 35.5. The Balaban J connectivity index is 2.08. The van der Waals surface area contributed by atoms with E-state index in [-0.39, 0.29) is 5.92 Å². The molecule has 2 nitrogen and oxygen atoms in total. The lowest BCUT2D eigenvalue weighted by molar-refractivity contribution is -0.123. The number of benzene rings is 1. The molecule has 1 saturated heterocycles. The summed E-state index contributed by atoms with van der Waals surface area (Å²) in [6.07, 6.45) is 1.37.